The number of carbonyl (C=O) groups excluding carboxylic acids is 2. The SMILES string of the molecule is CCCC1CCCC2(CC1)CC(=O)NC(=O)C2CC. The Kier molecular flexibility index (Phi) is 4.64. The molecule has 3 unspecified atom stereocenters. The Morgan fingerprint density at radius 2 is 2.00 bits per heavy atom. The van der Waals surface area contributed by atoms with Gasteiger partial charge in [0, 0.05) is 12.3 Å². The fourth-order valence-electron chi connectivity index (χ4n) is 4.33. The summed E-state index contributed by atoms with van der Waals surface area (Å²) in [6.45, 7) is 4.32. The number of hydrogen-bond acceptors (Lipinski definition) is 2. The lowest BCUT2D eigenvalue weighted by molar-refractivity contribution is -0.144. The van der Waals surface area contributed by atoms with Crippen LogP contribution in [0.1, 0.15) is 71.6 Å². The summed E-state index contributed by atoms with van der Waals surface area (Å²) in [7, 11) is 0. The minimum absolute atomic E-state index is 0.0207. The van der Waals surface area contributed by atoms with Crippen molar-refractivity contribution in [1.82, 2.24) is 5.32 Å². The van der Waals surface area contributed by atoms with Gasteiger partial charge in [-0.1, -0.05) is 39.5 Å². The third-order valence-electron chi connectivity index (χ3n) is 5.27. The molecule has 3 atom stereocenters. The Morgan fingerprint density at radius 1 is 1.21 bits per heavy atom. The fourth-order valence-corrected chi connectivity index (χ4v) is 4.33. The summed E-state index contributed by atoms with van der Waals surface area (Å²) in [5, 5.41) is 2.53. The van der Waals surface area contributed by atoms with Gasteiger partial charge in [-0.05, 0) is 37.0 Å². The van der Waals surface area contributed by atoms with Crippen LogP contribution in [0.25, 0.3) is 0 Å². The van der Waals surface area contributed by atoms with Gasteiger partial charge in [0.25, 0.3) is 0 Å². The monoisotopic (exact) mass is 265 g/mol. The molecule has 3 heteroatoms. The molecule has 3 nitrogen and oxygen atoms in total. The molecule has 2 fully saturated rings. The topological polar surface area (TPSA) is 46.2 Å². The van der Waals surface area contributed by atoms with Crippen LogP contribution in [0.5, 0.6) is 0 Å². The lowest BCUT2D eigenvalue weighted by atomic mass is 9.64. The van der Waals surface area contributed by atoms with Crippen LogP contribution in [-0.2, 0) is 9.59 Å². The zero-order valence-electron chi connectivity index (χ0n) is 12.3. The van der Waals surface area contributed by atoms with Crippen LogP contribution in [0, 0.1) is 17.3 Å². The Labute approximate surface area is 116 Å². The zero-order valence-corrected chi connectivity index (χ0v) is 12.3. The highest BCUT2D eigenvalue weighted by Crippen LogP contribution is 2.48. The molecule has 0 aromatic heterocycles. The molecule has 1 N–H and O–H groups in total. The van der Waals surface area contributed by atoms with Gasteiger partial charge in [0.1, 0.15) is 0 Å². The smallest absolute Gasteiger partial charge is 0.230 e. The lowest BCUT2D eigenvalue weighted by Crippen LogP contribution is -2.51. The average molecular weight is 265 g/mol. The van der Waals surface area contributed by atoms with Crippen molar-refractivity contribution in [1.29, 1.82) is 0 Å². The second-order valence-corrected chi connectivity index (χ2v) is 6.50. The number of carbonyl (C=O) groups is 2. The predicted octanol–water partition coefficient (Wildman–Crippen LogP) is 3.43. The Hall–Kier alpha value is -0.860. The van der Waals surface area contributed by atoms with Crippen molar-refractivity contribution < 1.29 is 9.59 Å². The minimum atomic E-state index is -0.0522. The molecule has 1 spiro atoms. The largest absolute Gasteiger partial charge is 0.296 e. The number of rotatable bonds is 3. The van der Waals surface area contributed by atoms with E-state index >= 15 is 0 Å². The molecule has 0 aromatic carbocycles. The molecule has 1 saturated carbocycles. The van der Waals surface area contributed by atoms with Crippen molar-refractivity contribution in [2.24, 2.45) is 17.3 Å². The summed E-state index contributed by atoms with van der Waals surface area (Å²) in [6, 6.07) is 0. The van der Waals surface area contributed by atoms with Gasteiger partial charge in [0.05, 0.1) is 0 Å². The quantitative estimate of drug-likeness (QED) is 0.795. The Morgan fingerprint density at radius 3 is 2.68 bits per heavy atom. The standard InChI is InChI=1S/C16H27NO2/c1-3-6-12-7-5-9-16(10-8-12)11-14(18)17-15(19)13(16)4-2/h12-13H,3-11H2,1-2H3,(H,17,18,19). The maximum atomic E-state index is 12.1. The molecule has 0 radical (unpaired) electrons. The first kappa shape index (κ1) is 14.5. The fraction of sp³-hybridized carbons (Fsp3) is 0.875. The van der Waals surface area contributed by atoms with Crippen LogP contribution >= 0.6 is 0 Å². The van der Waals surface area contributed by atoms with Gasteiger partial charge >= 0.3 is 0 Å². The molecule has 1 saturated heterocycles. The van der Waals surface area contributed by atoms with E-state index in [-0.39, 0.29) is 23.1 Å². The molecular weight excluding hydrogens is 238 g/mol. The van der Waals surface area contributed by atoms with E-state index in [2.05, 4.69) is 19.2 Å². The van der Waals surface area contributed by atoms with Gasteiger partial charge in [-0.2, -0.15) is 0 Å². The van der Waals surface area contributed by atoms with Gasteiger partial charge in [-0.3, -0.25) is 14.9 Å². The van der Waals surface area contributed by atoms with Crippen molar-refractivity contribution >= 4 is 11.8 Å². The van der Waals surface area contributed by atoms with Crippen LogP contribution in [-0.4, -0.2) is 11.8 Å². The third kappa shape index (κ3) is 3.01. The highest BCUT2D eigenvalue weighted by Gasteiger charge is 2.47. The molecule has 0 aromatic rings. The molecule has 108 valence electrons. The van der Waals surface area contributed by atoms with E-state index in [1.807, 2.05) is 0 Å². The predicted molar refractivity (Wildman–Crippen MR) is 75.5 cm³/mol. The van der Waals surface area contributed by atoms with Gasteiger partial charge in [-0.15, -0.1) is 0 Å². The van der Waals surface area contributed by atoms with Gasteiger partial charge < -0.3 is 0 Å². The van der Waals surface area contributed by atoms with Crippen molar-refractivity contribution in [2.45, 2.75) is 71.6 Å². The van der Waals surface area contributed by atoms with Crippen LogP contribution in [0.15, 0.2) is 0 Å². The molecular formula is C16H27NO2. The summed E-state index contributed by atoms with van der Waals surface area (Å²) in [5.74, 6) is 0.781. The second kappa shape index (κ2) is 6.06. The first-order valence-corrected chi connectivity index (χ1v) is 7.95. The molecule has 2 aliphatic rings. The van der Waals surface area contributed by atoms with Gasteiger partial charge in [-0.25, -0.2) is 0 Å². The number of imide groups is 1. The molecule has 1 aliphatic heterocycles. The average Bonchev–Trinajstić information content (AvgIpc) is 2.53. The van der Waals surface area contributed by atoms with E-state index in [4.69, 9.17) is 0 Å². The summed E-state index contributed by atoms with van der Waals surface area (Å²) < 4.78 is 0. The van der Waals surface area contributed by atoms with Crippen LogP contribution < -0.4 is 5.32 Å². The van der Waals surface area contributed by atoms with E-state index in [0.29, 0.717) is 6.42 Å². The number of amides is 2. The maximum absolute atomic E-state index is 12.1. The van der Waals surface area contributed by atoms with Crippen molar-refractivity contribution in [3.8, 4) is 0 Å². The van der Waals surface area contributed by atoms with Crippen LogP contribution in [0.2, 0.25) is 0 Å². The lowest BCUT2D eigenvalue weighted by Gasteiger charge is -2.42. The van der Waals surface area contributed by atoms with Crippen LogP contribution in [0.3, 0.4) is 0 Å². The molecule has 1 heterocycles. The highest BCUT2D eigenvalue weighted by molar-refractivity contribution is 5.99. The molecule has 1 aliphatic carbocycles. The summed E-state index contributed by atoms with van der Waals surface area (Å²) in [6.07, 6.45) is 9.75. The molecule has 2 rings (SSSR count). The van der Waals surface area contributed by atoms with Crippen molar-refractivity contribution in [3.63, 3.8) is 0 Å². The molecule has 0 bridgehead atoms. The Bertz CT molecular complexity index is 353. The number of hydrogen-bond donors (Lipinski definition) is 1. The van der Waals surface area contributed by atoms with Crippen molar-refractivity contribution in [3.05, 3.63) is 0 Å². The van der Waals surface area contributed by atoms with Gasteiger partial charge in [0.15, 0.2) is 0 Å². The normalized spacial score (nSPS) is 36.1. The zero-order chi connectivity index (χ0) is 13.9. The molecule has 2 amide bonds. The van der Waals surface area contributed by atoms with E-state index in [9.17, 15) is 9.59 Å². The highest BCUT2D eigenvalue weighted by atomic mass is 16.2. The first-order chi connectivity index (χ1) is 9.11. The van der Waals surface area contributed by atoms with Gasteiger partial charge in [0.2, 0.25) is 11.8 Å². The van der Waals surface area contributed by atoms with E-state index in [1.165, 1.54) is 32.1 Å². The minimum Gasteiger partial charge on any atom is -0.296 e. The number of piperidine rings is 1. The number of nitrogens with one attached hydrogen (secondary N) is 1. The van der Waals surface area contributed by atoms with Crippen LogP contribution in [0.4, 0.5) is 0 Å². The third-order valence-corrected chi connectivity index (χ3v) is 5.27. The summed E-state index contributed by atoms with van der Waals surface area (Å²) in [5.41, 5.74) is -0.0311. The molecule has 19 heavy (non-hydrogen) atoms. The summed E-state index contributed by atoms with van der Waals surface area (Å²) >= 11 is 0. The Balaban J connectivity index is 2.14. The van der Waals surface area contributed by atoms with E-state index in [0.717, 1.165) is 25.2 Å². The maximum Gasteiger partial charge on any atom is 0.230 e. The van der Waals surface area contributed by atoms with E-state index in [1.54, 1.807) is 0 Å². The second-order valence-electron chi connectivity index (χ2n) is 6.50. The summed E-state index contributed by atoms with van der Waals surface area (Å²) in [4.78, 5) is 23.9. The van der Waals surface area contributed by atoms with E-state index < -0.39 is 0 Å². The first-order valence-electron chi connectivity index (χ1n) is 7.95. The van der Waals surface area contributed by atoms with Crippen molar-refractivity contribution in [2.75, 3.05) is 0 Å².